The summed E-state index contributed by atoms with van der Waals surface area (Å²) in [4.78, 5) is 20.7. The SMILES string of the molecule is O=[N+]([O-])c1ccc(C=Cc2ccc3cc(C=Cc4ccc([N+](=O)[O-])cc4)ccc3c2)cc1. The third-order valence-corrected chi connectivity index (χ3v) is 5.03. The minimum atomic E-state index is -0.411. The van der Waals surface area contributed by atoms with Crippen LogP contribution in [0.1, 0.15) is 22.3 Å². The van der Waals surface area contributed by atoms with Gasteiger partial charge in [-0.2, -0.15) is 0 Å². The Labute approximate surface area is 184 Å². The van der Waals surface area contributed by atoms with Crippen molar-refractivity contribution in [3.05, 3.63) is 127 Å². The summed E-state index contributed by atoms with van der Waals surface area (Å²) in [7, 11) is 0. The highest BCUT2D eigenvalue weighted by molar-refractivity contribution is 5.88. The predicted octanol–water partition coefficient (Wildman–Crippen LogP) is 7.00. The molecule has 0 aliphatic carbocycles. The van der Waals surface area contributed by atoms with E-state index in [0.717, 1.165) is 33.0 Å². The van der Waals surface area contributed by atoms with Gasteiger partial charge in [0.25, 0.3) is 11.4 Å². The summed E-state index contributed by atoms with van der Waals surface area (Å²) in [5.41, 5.74) is 4.00. The van der Waals surface area contributed by atoms with Crippen LogP contribution < -0.4 is 0 Å². The van der Waals surface area contributed by atoms with Crippen LogP contribution in [0.5, 0.6) is 0 Å². The van der Waals surface area contributed by atoms with Gasteiger partial charge in [0.15, 0.2) is 0 Å². The number of fused-ring (bicyclic) bond motifs is 1. The van der Waals surface area contributed by atoms with Gasteiger partial charge in [0.2, 0.25) is 0 Å². The number of hydrogen-bond donors (Lipinski definition) is 0. The largest absolute Gasteiger partial charge is 0.269 e. The number of nitro groups is 2. The summed E-state index contributed by atoms with van der Waals surface area (Å²) < 4.78 is 0. The van der Waals surface area contributed by atoms with Crippen molar-refractivity contribution >= 4 is 46.5 Å². The van der Waals surface area contributed by atoms with Crippen LogP contribution in [0, 0.1) is 20.2 Å². The molecule has 0 aromatic heterocycles. The van der Waals surface area contributed by atoms with Crippen molar-refractivity contribution in [3.63, 3.8) is 0 Å². The van der Waals surface area contributed by atoms with Gasteiger partial charge in [0.05, 0.1) is 9.85 Å². The zero-order chi connectivity index (χ0) is 22.5. The molecule has 0 radical (unpaired) electrons. The van der Waals surface area contributed by atoms with Gasteiger partial charge in [-0.3, -0.25) is 20.2 Å². The van der Waals surface area contributed by atoms with Gasteiger partial charge in [0, 0.05) is 24.3 Å². The van der Waals surface area contributed by atoms with E-state index in [2.05, 4.69) is 12.1 Å². The molecule has 0 atom stereocenters. The molecule has 0 aliphatic rings. The lowest BCUT2D eigenvalue weighted by molar-refractivity contribution is -0.385. The molecule has 4 aromatic rings. The Balaban J connectivity index is 1.49. The topological polar surface area (TPSA) is 86.3 Å². The molecule has 0 heterocycles. The fourth-order valence-corrected chi connectivity index (χ4v) is 3.29. The van der Waals surface area contributed by atoms with Gasteiger partial charge < -0.3 is 0 Å². The maximum absolute atomic E-state index is 10.7. The molecule has 32 heavy (non-hydrogen) atoms. The zero-order valence-electron chi connectivity index (χ0n) is 16.9. The molecule has 0 fully saturated rings. The summed E-state index contributed by atoms with van der Waals surface area (Å²) in [6.07, 6.45) is 7.80. The van der Waals surface area contributed by atoms with Crippen molar-refractivity contribution in [1.82, 2.24) is 0 Å². The summed E-state index contributed by atoms with van der Waals surface area (Å²) in [6, 6.07) is 25.2. The first-order valence-electron chi connectivity index (χ1n) is 9.87. The van der Waals surface area contributed by atoms with E-state index in [1.54, 1.807) is 24.3 Å². The second-order valence-electron chi connectivity index (χ2n) is 7.23. The molecular formula is C26H18N2O4. The lowest BCUT2D eigenvalue weighted by Crippen LogP contribution is -1.86. The second-order valence-corrected chi connectivity index (χ2v) is 7.23. The minimum absolute atomic E-state index is 0.0753. The summed E-state index contributed by atoms with van der Waals surface area (Å²) in [5, 5.41) is 23.7. The van der Waals surface area contributed by atoms with E-state index in [1.165, 1.54) is 24.3 Å². The van der Waals surface area contributed by atoms with Crippen LogP contribution in [0.3, 0.4) is 0 Å². The summed E-state index contributed by atoms with van der Waals surface area (Å²) in [6.45, 7) is 0. The average molecular weight is 422 g/mol. The van der Waals surface area contributed by atoms with Crippen molar-refractivity contribution in [3.8, 4) is 0 Å². The van der Waals surface area contributed by atoms with Crippen molar-refractivity contribution in [2.75, 3.05) is 0 Å². The van der Waals surface area contributed by atoms with Crippen LogP contribution in [-0.2, 0) is 0 Å². The quantitative estimate of drug-likeness (QED) is 0.190. The molecule has 0 unspecified atom stereocenters. The van der Waals surface area contributed by atoms with Crippen LogP contribution in [0.25, 0.3) is 35.1 Å². The molecule has 0 spiro atoms. The smallest absolute Gasteiger partial charge is 0.258 e. The molecule has 0 N–H and O–H groups in total. The molecule has 0 amide bonds. The highest BCUT2D eigenvalue weighted by Crippen LogP contribution is 2.22. The molecule has 6 heteroatoms. The Morgan fingerprint density at radius 2 is 0.781 bits per heavy atom. The van der Waals surface area contributed by atoms with E-state index in [1.807, 2.05) is 48.6 Å². The van der Waals surface area contributed by atoms with E-state index in [-0.39, 0.29) is 11.4 Å². The van der Waals surface area contributed by atoms with Crippen LogP contribution in [0.15, 0.2) is 84.9 Å². The van der Waals surface area contributed by atoms with E-state index >= 15 is 0 Å². The van der Waals surface area contributed by atoms with E-state index < -0.39 is 9.85 Å². The highest BCUT2D eigenvalue weighted by Gasteiger charge is 2.03. The fraction of sp³-hybridized carbons (Fsp3) is 0. The maximum atomic E-state index is 10.7. The lowest BCUT2D eigenvalue weighted by Gasteiger charge is -2.02. The second kappa shape index (κ2) is 9.06. The van der Waals surface area contributed by atoms with E-state index in [0.29, 0.717) is 0 Å². The van der Waals surface area contributed by atoms with Crippen molar-refractivity contribution in [2.45, 2.75) is 0 Å². The number of hydrogen-bond acceptors (Lipinski definition) is 4. The molecule has 0 saturated carbocycles. The Bertz CT molecular complexity index is 1250. The maximum Gasteiger partial charge on any atom is 0.269 e. The Hall–Kier alpha value is -4.58. The molecule has 0 aliphatic heterocycles. The first-order chi connectivity index (χ1) is 15.5. The molecule has 0 saturated heterocycles. The zero-order valence-corrected chi connectivity index (χ0v) is 16.9. The third-order valence-electron chi connectivity index (χ3n) is 5.03. The number of nitro benzene ring substituents is 2. The first kappa shape index (κ1) is 20.7. The van der Waals surface area contributed by atoms with Gasteiger partial charge in [-0.25, -0.2) is 0 Å². The van der Waals surface area contributed by atoms with Crippen molar-refractivity contribution in [2.24, 2.45) is 0 Å². The molecule has 6 nitrogen and oxygen atoms in total. The summed E-state index contributed by atoms with van der Waals surface area (Å²) >= 11 is 0. The van der Waals surface area contributed by atoms with Gasteiger partial charge in [0.1, 0.15) is 0 Å². The fourth-order valence-electron chi connectivity index (χ4n) is 3.29. The number of non-ortho nitro benzene ring substituents is 2. The van der Waals surface area contributed by atoms with E-state index in [4.69, 9.17) is 0 Å². The highest BCUT2D eigenvalue weighted by atomic mass is 16.6. The molecule has 0 bridgehead atoms. The Morgan fingerprint density at radius 3 is 1.12 bits per heavy atom. The number of nitrogens with zero attached hydrogens (tertiary/aromatic N) is 2. The standard InChI is InChI=1S/C26H18N2O4/c29-27(30)25-13-7-19(8-14-25)1-3-21-5-11-24-18-22(6-12-23(24)17-21)4-2-20-9-15-26(16-10-20)28(31)32/h1-18H. The van der Waals surface area contributed by atoms with Crippen molar-refractivity contribution < 1.29 is 9.85 Å². The van der Waals surface area contributed by atoms with Crippen LogP contribution >= 0.6 is 0 Å². The first-order valence-corrected chi connectivity index (χ1v) is 9.87. The van der Waals surface area contributed by atoms with Crippen molar-refractivity contribution in [1.29, 1.82) is 0 Å². The van der Waals surface area contributed by atoms with E-state index in [9.17, 15) is 20.2 Å². The predicted molar refractivity (Wildman–Crippen MR) is 128 cm³/mol. The van der Waals surface area contributed by atoms with Crippen LogP contribution in [0.4, 0.5) is 11.4 Å². The monoisotopic (exact) mass is 422 g/mol. The van der Waals surface area contributed by atoms with Gasteiger partial charge in [-0.15, -0.1) is 0 Å². The average Bonchev–Trinajstić information content (AvgIpc) is 2.81. The van der Waals surface area contributed by atoms with Crippen LogP contribution in [0.2, 0.25) is 0 Å². The number of rotatable bonds is 6. The Kier molecular flexibility index (Phi) is 5.85. The minimum Gasteiger partial charge on any atom is -0.258 e. The van der Waals surface area contributed by atoms with Gasteiger partial charge in [-0.05, 0) is 69.4 Å². The molecular weight excluding hydrogens is 404 g/mol. The Morgan fingerprint density at radius 1 is 0.469 bits per heavy atom. The number of benzene rings is 4. The molecule has 4 aromatic carbocycles. The molecule has 4 rings (SSSR count). The third kappa shape index (κ3) is 4.94. The van der Waals surface area contributed by atoms with Crippen LogP contribution in [-0.4, -0.2) is 9.85 Å². The normalized spacial score (nSPS) is 11.4. The summed E-state index contributed by atoms with van der Waals surface area (Å²) in [5.74, 6) is 0. The van der Waals surface area contributed by atoms with Gasteiger partial charge >= 0.3 is 0 Å². The lowest BCUT2D eigenvalue weighted by atomic mass is 10.0. The van der Waals surface area contributed by atoms with Gasteiger partial charge in [-0.1, -0.05) is 48.6 Å². The molecule has 156 valence electrons.